The van der Waals surface area contributed by atoms with Gasteiger partial charge in [-0.3, -0.25) is 0 Å². The zero-order valence-corrected chi connectivity index (χ0v) is 12.4. The Hall–Kier alpha value is -1.53. The molecule has 106 valence electrons. The molecule has 3 atom stereocenters. The molecule has 3 unspecified atom stereocenters. The van der Waals surface area contributed by atoms with E-state index in [2.05, 4.69) is 40.6 Å². The van der Waals surface area contributed by atoms with Crippen molar-refractivity contribution in [1.82, 2.24) is 4.90 Å². The SMILES string of the molecule is CC(C)(C#N)c1ccc(NC2CCN3CCC2C3)cc1. The summed E-state index contributed by atoms with van der Waals surface area (Å²) in [5, 5.41) is 12.9. The second kappa shape index (κ2) is 5.10. The van der Waals surface area contributed by atoms with Gasteiger partial charge in [-0.05, 0) is 56.8 Å². The summed E-state index contributed by atoms with van der Waals surface area (Å²) in [5.74, 6) is 0.805. The lowest BCUT2D eigenvalue weighted by molar-refractivity contribution is 0.255. The van der Waals surface area contributed by atoms with E-state index >= 15 is 0 Å². The van der Waals surface area contributed by atoms with Crippen molar-refractivity contribution in [3.63, 3.8) is 0 Å². The molecule has 20 heavy (non-hydrogen) atoms. The number of benzene rings is 1. The number of fused-ring (bicyclic) bond motifs is 2. The largest absolute Gasteiger partial charge is 0.382 e. The van der Waals surface area contributed by atoms with Gasteiger partial charge in [-0.15, -0.1) is 0 Å². The molecule has 0 radical (unpaired) electrons. The molecule has 2 fully saturated rings. The Bertz CT molecular complexity index is 512. The van der Waals surface area contributed by atoms with Crippen LogP contribution in [0.1, 0.15) is 32.3 Å². The molecule has 3 heteroatoms. The maximum absolute atomic E-state index is 9.18. The van der Waals surface area contributed by atoms with E-state index in [-0.39, 0.29) is 0 Å². The van der Waals surface area contributed by atoms with E-state index in [0.29, 0.717) is 6.04 Å². The Balaban J connectivity index is 1.68. The number of nitrogens with zero attached hydrogens (tertiary/aromatic N) is 2. The third-order valence-corrected chi connectivity index (χ3v) is 4.87. The first-order chi connectivity index (χ1) is 9.58. The van der Waals surface area contributed by atoms with Gasteiger partial charge in [-0.1, -0.05) is 12.1 Å². The number of nitrogens with one attached hydrogen (secondary N) is 1. The highest BCUT2D eigenvalue weighted by atomic mass is 15.2. The van der Waals surface area contributed by atoms with Crippen LogP contribution in [-0.2, 0) is 5.41 Å². The molecule has 2 aliphatic rings. The van der Waals surface area contributed by atoms with E-state index in [1.165, 1.54) is 38.2 Å². The fourth-order valence-electron chi connectivity index (χ4n) is 3.40. The summed E-state index contributed by atoms with van der Waals surface area (Å²) in [5.41, 5.74) is 1.86. The fourth-order valence-corrected chi connectivity index (χ4v) is 3.40. The van der Waals surface area contributed by atoms with Crippen LogP contribution in [0.2, 0.25) is 0 Å². The highest BCUT2D eigenvalue weighted by molar-refractivity contribution is 5.48. The minimum absolute atomic E-state index is 0.407. The third kappa shape index (κ3) is 2.53. The fraction of sp³-hybridized carbons (Fsp3) is 0.588. The lowest BCUT2D eigenvalue weighted by Gasteiger charge is -2.31. The first-order valence-corrected chi connectivity index (χ1v) is 7.59. The van der Waals surface area contributed by atoms with Gasteiger partial charge < -0.3 is 10.2 Å². The summed E-state index contributed by atoms with van der Waals surface area (Å²) in [6, 6.07) is 11.4. The van der Waals surface area contributed by atoms with Crippen LogP contribution in [0.3, 0.4) is 0 Å². The van der Waals surface area contributed by atoms with Crippen molar-refractivity contribution in [3.8, 4) is 6.07 Å². The van der Waals surface area contributed by atoms with Gasteiger partial charge in [0.15, 0.2) is 0 Å². The molecule has 2 aliphatic heterocycles. The van der Waals surface area contributed by atoms with E-state index in [1.807, 2.05) is 13.8 Å². The monoisotopic (exact) mass is 269 g/mol. The number of anilines is 1. The lowest BCUT2D eigenvalue weighted by atomic mass is 9.86. The molecule has 0 amide bonds. The van der Waals surface area contributed by atoms with Crippen LogP contribution in [0, 0.1) is 17.2 Å². The van der Waals surface area contributed by atoms with Crippen molar-refractivity contribution in [2.24, 2.45) is 5.92 Å². The van der Waals surface area contributed by atoms with E-state index in [1.54, 1.807) is 0 Å². The topological polar surface area (TPSA) is 39.1 Å². The molecule has 0 saturated carbocycles. The summed E-state index contributed by atoms with van der Waals surface area (Å²) >= 11 is 0. The molecular formula is C17H23N3. The predicted molar refractivity (Wildman–Crippen MR) is 81.7 cm³/mol. The molecule has 0 spiro atoms. The van der Waals surface area contributed by atoms with Crippen LogP contribution >= 0.6 is 0 Å². The number of nitriles is 1. The molecule has 2 saturated heterocycles. The van der Waals surface area contributed by atoms with Gasteiger partial charge in [0.25, 0.3) is 0 Å². The summed E-state index contributed by atoms with van der Waals surface area (Å²) in [7, 11) is 0. The minimum Gasteiger partial charge on any atom is -0.382 e. The Labute approximate surface area is 121 Å². The average molecular weight is 269 g/mol. The van der Waals surface area contributed by atoms with E-state index in [4.69, 9.17) is 0 Å². The molecule has 3 nitrogen and oxygen atoms in total. The zero-order chi connectivity index (χ0) is 14.2. The van der Waals surface area contributed by atoms with Crippen LogP contribution < -0.4 is 5.32 Å². The van der Waals surface area contributed by atoms with Gasteiger partial charge in [0.2, 0.25) is 0 Å². The van der Waals surface area contributed by atoms with Gasteiger partial charge in [-0.2, -0.15) is 5.26 Å². The Morgan fingerprint density at radius 2 is 1.90 bits per heavy atom. The molecule has 1 aromatic rings. The second-order valence-electron chi connectivity index (χ2n) is 6.70. The summed E-state index contributed by atoms with van der Waals surface area (Å²) in [6.45, 7) is 7.69. The first kappa shape index (κ1) is 13.5. The van der Waals surface area contributed by atoms with Gasteiger partial charge in [0.1, 0.15) is 0 Å². The van der Waals surface area contributed by atoms with E-state index in [9.17, 15) is 5.26 Å². The maximum atomic E-state index is 9.18. The van der Waals surface area contributed by atoms with Crippen molar-refractivity contribution < 1.29 is 0 Å². The van der Waals surface area contributed by atoms with Crippen LogP contribution in [-0.4, -0.2) is 30.6 Å². The highest BCUT2D eigenvalue weighted by Crippen LogP contribution is 2.30. The Kier molecular flexibility index (Phi) is 3.43. The minimum atomic E-state index is -0.407. The molecule has 0 aliphatic carbocycles. The second-order valence-corrected chi connectivity index (χ2v) is 6.70. The van der Waals surface area contributed by atoms with Gasteiger partial charge in [0, 0.05) is 24.8 Å². The van der Waals surface area contributed by atoms with Crippen molar-refractivity contribution in [2.45, 2.75) is 38.1 Å². The standard InChI is InChI=1S/C17H23N3/c1-17(2,12-18)14-3-5-15(6-4-14)19-16-8-10-20-9-7-13(16)11-20/h3-6,13,16,19H,7-11H2,1-2H3. The van der Waals surface area contributed by atoms with Crippen molar-refractivity contribution in [3.05, 3.63) is 29.8 Å². The number of piperidine rings is 1. The molecule has 1 aromatic carbocycles. The summed E-state index contributed by atoms with van der Waals surface area (Å²) in [6.07, 6.45) is 2.58. The van der Waals surface area contributed by atoms with E-state index in [0.717, 1.165) is 11.5 Å². The average Bonchev–Trinajstić information content (AvgIpc) is 2.85. The van der Waals surface area contributed by atoms with Gasteiger partial charge in [0.05, 0.1) is 11.5 Å². The first-order valence-electron chi connectivity index (χ1n) is 7.59. The molecule has 0 aromatic heterocycles. The van der Waals surface area contributed by atoms with Crippen molar-refractivity contribution in [2.75, 3.05) is 25.0 Å². The van der Waals surface area contributed by atoms with Crippen LogP contribution in [0.15, 0.2) is 24.3 Å². The Morgan fingerprint density at radius 1 is 1.20 bits per heavy atom. The predicted octanol–water partition coefficient (Wildman–Crippen LogP) is 2.99. The zero-order valence-electron chi connectivity index (χ0n) is 12.4. The normalized spacial score (nSPS) is 28.9. The van der Waals surface area contributed by atoms with Crippen LogP contribution in [0.5, 0.6) is 0 Å². The number of hydrogen-bond acceptors (Lipinski definition) is 3. The van der Waals surface area contributed by atoms with E-state index < -0.39 is 5.41 Å². The smallest absolute Gasteiger partial charge is 0.0766 e. The molecule has 1 N–H and O–H groups in total. The summed E-state index contributed by atoms with van der Waals surface area (Å²) < 4.78 is 0. The van der Waals surface area contributed by atoms with Crippen LogP contribution in [0.25, 0.3) is 0 Å². The Morgan fingerprint density at radius 3 is 2.60 bits per heavy atom. The highest BCUT2D eigenvalue weighted by Gasteiger charge is 2.34. The van der Waals surface area contributed by atoms with Crippen molar-refractivity contribution in [1.29, 1.82) is 5.26 Å². The molecule has 2 heterocycles. The van der Waals surface area contributed by atoms with Gasteiger partial charge >= 0.3 is 0 Å². The lowest BCUT2D eigenvalue weighted by Crippen LogP contribution is -2.39. The summed E-state index contributed by atoms with van der Waals surface area (Å²) in [4.78, 5) is 2.57. The van der Waals surface area contributed by atoms with Crippen LogP contribution in [0.4, 0.5) is 5.69 Å². The molecule has 2 bridgehead atoms. The number of hydrogen-bond donors (Lipinski definition) is 1. The molecular weight excluding hydrogens is 246 g/mol. The quantitative estimate of drug-likeness (QED) is 0.917. The van der Waals surface area contributed by atoms with Crippen molar-refractivity contribution >= 4 is 5.69 Å². The molecule has 3 rings (SSSR count). The number of rotatable bonds is 3. The van der Waals surface area contributed by atoms with Gasteiger partial charge in [-0.25, -0.2) is 0 Å². The third-order valence-electron chi connectivity index (χ3n) is 4.87. The maximum Gasteiger partial charge on any atom is 0.0766 e.